The van der Waals surface area contributed by atoms with Gasteiger partial charge in [0.15, 0.2) is 0 Å². The predicted octanol–water partition coefficient (Wildman–Crippen LogP) is 3.69. The minimum atomic E-state index is -2.11. The molecule has 130 valence electrons. The van der Waals surface area contributed by atoms with Crippen LogP contribution >= 0.6 is 0 Å². The number of hydrogen-bond acceptors (Lipinski definition) is 2. The zero-order valence-corrected chi connectivity index (χ0v) is 15.9. The molecular weight excluding hydrogens is 324 g/mol. The van der Waals surface area contributed by atoms with Gasteiger partial charge in [0.25, 0.3) is 0 Å². The largest absolute Gasteiger partial charge is 0.303 e. The van der Waals surface area contributed by atoms with Crippen LogP contribution in [0.1, 0.15) is 32.1 Å². The first-order valence-corrected chi connectivity index (χ1v) is 11.5. The molecule has 2 rings (SSSR count). The van der Waals surface area contributed by atoms with E-state index in [1.807, 2.05) is 12.1 Å². The molecule has 25 heavy (non-hydrogen) atoms. The summed E-state index contributed by atoms with van der Waals surface area (Å²) in [4.78, 5) is 22.1. The van der Waals surface area contributed by atoms with Crippen molar-refractivity contribution in [1.82, 2.24) is 0 Å². The molecule has 0 radical (unpaired) electrons. The second-order valence-corrected chi connectivity index (χ2v) is 10.4. The number of unbranched alkanes of at least 4 members (excludes halogenated alkanes) is 3. The Kier molecular flexibility index (Phi) is 7.55. The molecule has 0 heterocycles. The first kappa shape index (κ1) is 19.1. The summed E-state index contributed by atoms with van der Waals surface area (Å²) >= 11 is 0. The summed E-state index contributed by atoms with van der Waals surface area (Å²) < 4.78 is 0. The van der Waals surface area contributed by atoms with Crippen molar-refractivity contribution in [2.75, 3.05) is 0 Å². The van der Waals surface area contributed by atoms with Crippen molar-refractivity contribution in [2.24, 2.45) is 0 Å². The minimum Gasteiger partial charge on any atom is -0.303 e. The molecule has 0 saturated carbocycles. The number of carbonyl (C=O) groups is 2. The molecule has 0 aliphatic carbocycles. The first-order valence-electron chi connectivity index (χ1n) is 8.92. The predicted molar refractivity (Wildman–Crippen MR) is 107 cm³/mol. The summed E-state index contributed by atoms with van der Waals surface area (Å²) in [5, 5.41) is 2.61. The average molecular weight is 351 g/mol. The van der Waals surface area contributed by atoms with Crippen LogP contribution in [-0.2, 0) is 9.59 Å². The van der Waals surface area contributed by atoms with Crippen molar-refractivity contribution in [3.63, 3.8) is 0 Å². The van der Waals surface area contributed by atoms with Crippen molar-refractivity contribution >= 4 is 31.0 Å². The molecule has 0 fully saturated rings. The van der Waals surface area contributed by atoms with Gasteiger partial charge in [-0.3, -0.25) is 4.79 Å². The Balaban J connectivity index is 2.28. The molecule has 0 N–H and O–H groups in total. The molecular formula is C22H26O2Si. The van der Waals surface area contributed by atoms with Crippen LogP contribution in [0.4, 0.5) is 0 Å². The van der Waals surface area contributed by atoms with Crippen molar-refractivity contribution in [3.8, 4) is 0 Å². The van der Waals surface area contributed by atoms with Gasteiger partial charge in [-0.05, 0) is 24.8 Å². The third-order valence-corrected chi connectivity index (χ3v) is 8.67. The Morgan fingerprint density at radius 1 is 0.840 bits per heavy atom. The van der Waals surface area contributed by atoms with Crippen LogP contribution in [0, 0.1) is 0 Å². The number of aldehydes is 2. The van der Waals surface area contributed by atoms with Gasteiger partial charge in [0.2, 0.25) is 0 Å². The second kappa shape index (κ2) is 9.89. The molecule has 2 aromatic carbocycles. The molecule has 2 nitrogen and oxygen atoms in total. The minimum absolute atomic E-state index is 0.612. The molecule has 0 aliphatic rings. The van der Waals surface area contributed by atoms with E-state index < -0.39 is 8.07 Å². The molecule has 0 saturated heterocycles. The lowest BCUT2D eigenvalue weighted by Crippen LogP contribution is -2.54. The van der Waals surface area contributed by atoms with Gasteiger partial charge < -0.3 is 4.79 Å². The molecule has 3 heteroatoms. The summed E-state index contributed by atoms with van der Waals surface area (Å²) in [6.07, 6.45) is 6.21. The third kappa shape index (κ3) is 5.36. The van der Waals surface area contributed by atoms with Crippen molar-refractivity contribution < 1.29 is 9.59 Å². The maximum Gasteiger partial charge on any atom is 0.145 e. The highest BCUT2D eigenvalue weighted by atomic mass is 28.3. The van der Waals surface area contributed by atoms with Crippen molar-refractivity contribution in [1.29, 1.82) is 0 Å². The number of carbonyl (C=O) groups excluding carboxylic acids is 2. The monoisotopic (exact) mass is 350 g/mol. The van der Waals surface area contributed by atoms with Crippen LogP contribution in [0.25, 0.3) is 0 Å². The fourth-order valence-electron chi connectivity index (χ4n) is 3.17. The Morgan fingerprint density at radius 2 is 1.40 bits per heavy atom. The van der Waals surface area contributed by atoms with Crippen LogP contribution in [0.15, 0.2) is 71.9 Å². The van der Waals surface area contributed by atoms with E-state index in [1.165, 1.54) is 10.4 Å². The van der Waals surface area contributed by atoms with E-state index in [0.717, 1.165) is 43.8 Å². The maximum absolute atomic E-state index is 11.7. The highest BCUT2D eigenvalue weighted by molar-refractivity contribution is 7.05. The molecule has 0 aromatic heterocycles. The highest BCUT2D eigenvalue weighted by Gasteiger charge is 2.29. The summed E-state index contributed by atoms with van der Waals surface area (Å²) in [6.45, 7) is 2.30. The van der Waals surface area contributed by atoms with E-state index in [1.54, 1.807) is 0 Å². The van der Waals surface area contributed by atoms with Gasteiger partial charge in [-0.15, -0.1) is 0 Å². The summed E-state index contributed by atoms with van der Waals surface area (Å²) in [5.41, 5.74) is 3.12. The molecule has 2 aromatic rings. The summed E-state index contributed by atoms with van der Waals surface area (Å²) in [6, 6.07) is 21.0. The van der Waals surface area contributed by atoms with Crippen molar-refractivity contribution in [3.05, 3.63) is 71.9 Å². The lowest BCUT2D eigenvalue weighted by atomic mass is 10.1. The normalized spacial score (nSPS) is 12.0. The topological polar surface area (TPSA) is 34.1 Å². The SMILES string of the molecule is C[Si](/C=C(\C=O)CCCCCC=O)(c1ccccc1)c1ccccc1. The van der Waals surface area contributed by atoms with E-state index in [-0.39, 0.29) is 0 Å². The lowest BCUT2D eigenvalue weighted by Gasteiger charge is -2.26. The van der Waals surface area contributed by atoms with E-state index in [2.05, 4.69) is 60.8 Å². The fourth-order valence-corrected chi connectivity index (χ4v) is 6.56. The zero-order chi connectivity index (χ0) is 18.0. The van der Waals surface area contributed by atoms with Gasteiger partial charge in [0.05, 0.1) is 0 Å². The van der Waals surface area contributed by atoms with Gasteiger partial charge >= 0.3 is 0 Å². The van der Waals surface area contributed by atoms with Crippen LogP contribution in [0.5, 0.6) is 0 Å². The number of hydrogen-bond donors (Lipinski definition) is 0. The molecule has 0 bridgehead atoms. The smallest absolute Gasteiger partial charge is 0.145 e. The Hall–Kier alpha value is -2.26. The molecule has 0 atom stereocenters. The molecule has 0 aliphatic heterocycles. The van der Waals surface area contributed by atoms with E-state index in [4.69, 9.17) is 0 Å². The first-order chi connectivity index (χ1) is 12.2. The average Bonchev–Trinajstić information content (AvgIpc) is 2.68. The van der Waals surface area contributed by atoms with Crippen molar-refractivity contribution in [2.45, 2.75) is 38.7 Å². The number of allylic oxidation sites excluding steroid dienone is 1. The second-order valence-electron chi connectivity index (χ2n) is 6.54. The summed E-state index contributed by atoms with van der Waals surface area (Å²) in [5.74, 6) is 0. The van der Waals surface area contributed by atoms with E-state index in [9.17, 15) is 9.59 Å². The van der Waals surface area contributed by atoms with Gasteiger partial charge in [-0.1, -0.05) is 89.7 Å². The standard InChI is InChI=1S/C22H26O2Si/c1-25(21-13-7-4-8-14-21,22-15-9-5-10-16-22)19-20(18-24)12-6-2-3-11-17-23/h4-5,7-10,13-19H,2-3,6,11-12H2,1H3/b20-19-. The van der Waals surface area contributed by atoms with Crippen LogP contribution < -0.4 is 10.4 Å². The molecule has 0 unspecified atom stereocenters. The van der Waals surface area contributed by atoms with Crippen LogP contribution in [0.2, 0.25) is 6.55 Å². The van der Waals surface area contributed by atoms with E-state index in [0.29, 0.717) is 6.42 Å². The third-order valence-electron chi connectivity index (χ3n) is 4.66. The number of benzene rings is 2. The summed E-state index contributed by atoms with van der Waals surface area (Å²) in [7, 11) is -2.11. The lowest BCUT2D eigenvalue weighted by molar-refractivity contribution is -0.108. The number of rotatable bonds is 10. The Bertz CT molecular complexity index is 653. The van der Waals surface area contributed by atoms with Crippen LogP contribution in [-0.4, -0.2) is 20.6 Å². The van der Waals surface area contributed by atoms with Crippen LogP contribution in [0.3, 0.4) is 0 Å². The van der Waals surface area contributed by atoms with Gasteiger partial charge in [0, 0.05) is 6.42 Å². The molecule has 0 spiro atoms. The van der Waals surface area contributed by atoms with Gasteiger partial charge in [0.1, 0.15) is 20.6 Å². The maximum atomic E-state index is 11.7. The quantitative estimate of drug-likeness (QED) is 0.283. The zero-order valence-electron chi connectivity index (χ0n) is 14.9. The molecule has 0 amide bonds. The fraction of sp³-hybridized carbons (Fsp3) is 0.273. The van der Waals surface area contributed by atoms with E-state index >= 15 is 0 Å². The highest BCUT2D eigenvalue weighted by Crippen LogP contribution is 2.14. The Morgan fingerprint density at radius 3 is 1.88 bits per heavy atom. The van der Waals surface area contributed by atoms with Gasteiger partial charge in [-0.25, -0.2) is 0 Å². The van der Waals surface area contributed by atoms with Gasteiger partial charge in [-0.2, -0.15) is 0 Å². The Labute approximate surface area is 151 Å².